The number of alkyl halides is 3. The fraction of sp³-hybridized carbons (Fsp3) is 0.538. The van der Waals surface area contributed by atoms with Gasteiger partial charge in [-0.1, -0.05) is 12.1 Å². The molecule has 0 amide bonds. The molecule has 0 radical (unpaired) electrons. The highest BCUT2D eigenvalue weighted by molar-refractivity contribution is 5.31. The zero-order valence-corrected chi connectivity index (χ0v) is 9.93. The molecule has 1 aliphatic rings. The normalized spacial score (nSPS) is 29.6. The molecule has 4 heteroatoms. The maximum atomic E-state index is 12.6. The summed E-state index contributed by atoms with van der Waals surface area (Å²) in [5.41, 5.74) is -0.185. The average molecular weight is 243 g/mol. The first-order chi connectivity index (χ1) is 7.81. The predicted octanol–water partition coefficient (Wildman–Crippen LogP) is 3.69. The Hall–Kier alpha value is -1.03. The lowest BCUT2D eigenvalue weighted by Crippen LogP contribution is -2.36. The summed E-state index contributed by atoms with van der Waals surface area (Å²) in [5, 5.41) is 3.36. The van der Waals surface area contributed by atoms with E-state index in [0.29, 0.717) is 6.04 Å². The van der Waals surface area contributed by atoms with Crippen LogP contribution in [0.15, 0.2) is 24.3 Å². The van der Waals surface area contributed by atoms with Crippen LogP contribution in [0.5, 0.6) is 0 Å². The van der Waals surface area contributed by atoms with Gasteiger partial charge in [-0.3, -0.25) is 0 Å². The molecule has 2 rings (SSSR count). The Morgan fingerprint density at radius 2 is 2.06 bits per heavy atom. The number of rotatable bonds is 1. The molecule has 0 aromatic heterocycles. The minimum atomic E-state index is -4.27. The van der Waals surface area contributed by atoms with Gasteiger partial charge in [0.15, 0.2) is 0 Å². The van der Waals surface area contributed by atoms with Crippen molar-refractivity contribution in [1.29, 1.82) is 0 Å². The average Bonchev–Trinajstić information content (AvgIpc) is 2.59. The van der Waals surface area contributed by atoms with Crippen molar-refractivity contribution in [1.82, 2.24) is 5.32 Å². The third kappa shape index (κ3) is 2.46. The van der Waals surface area contributed by atoms with Gasteiger partial charge >= 0.3 is 6.18 Å². The molecule has 1 N–H and O–H groups in total. The van der Waals surface area contributed by atoms with E-state index >= 15 is 0 Å². The van der Waals surface area contributed by atoms with Crippen molar-refractivity contribution >= 4 is 0 Å². The molecule has 2 atom stereocenters. The molecule has 0 aliphatic carbocycles. The van der Waals surface area contributed by atoms with Crippen LogP contribution in [-0.4, -0.2) is 6.04 Å². The Kier molecular flexibility index (Phi) is 2.94. The summed E-state index contributed by atoms with van der Waals surface area (Å²) in [5.74, 6) is 0. The number of benzene rings is 1. The van der Waals surface area contributed by atoms with E-state index in [0.717, 1.165) is 24.5 Å². The van der Waals surface area contributed by atoms with Gasteiger partial charge in [-0.25, -0.2) is 0 Å². The van der Waals surface area contributed by atoms with Crippen LogP contribution in [0.2, 0.25) is 0 Å². The zero-order valence-electron chi connectivity index (χ0n) is 9.93. The van der Waals surface area contributed by atoms with Crippen molar-refractivity contribution < 1.29 is 13.2 Å². The van der Waals surface area contributed by atoms with Crippen LogP contribution in [-0.2, 0) is 11.7 Å². The van der Waals surface area contributed by atoms with E-state index in [-0.39, 0.29) is 5.54 Å². The van der Waals surface area contributed by atoms with Gasteiger partial charge < -0.3 is 5.32 Å². The molecule has 0 saturated carbocycles. The first-order valence-corrected chi connectivity index (χ1v) is 5.77. The first kappa shape index (κ1) is 12.4. The number of hydrogen-bond donors (Lipinski definition) is 1. The van der Waals surface area contributed by atoms with Crippen molar-refractivity contribution in [3.05, 3.63) is 35.4 Å². The molecule has 1 fully saturated rings. The quantitative estimate of drug-likeness (QED) is 0.793. The van der Waals surface area contributed by atoms with Gasteiger partial charge in [0.1, 0.15) is 0 Å². The molecule has 17 heavy (non-hydrogen) atoms. The van der Waals surface area contributed by atoms with Gasteiger partial charge in [0.05, 0.1) is 5.56 Å². The van der Waals surface area contributed by atoms with E-state index < -0.39 is 11.7 Å². The van der Waals surface area contributed by atoms with E-state index in [4.69, 9.17) is 0 Å². The standard InChI is InChI=1S/C13H16F3N/c1-9-6-7-12(2,17-9)10-4-3-5-11(8-10)13(14,15)16/h3-5,8-9,17H,6-7H2,1-2H3. The van der Waals surface area contributed by atoms with Crippen LogP contribution >= 0.6 is 0 Å². The van der Waals surface area contributed by atoms with Crippen LogP contribution in [0.3, 0.4) is 0 Å². The highest BCUT2D eigenvalue weighted by atomic mass is 19.4. The molecule has 1 aliphatic heterocycles. The van der Waals surface area contributed by atoms with Gasteiger partial charge in [0, 0.05) is 11.6 Å². The summed E-state index contributed by atoms with van der Waals surface area (Å²) in [6.45, 7) is 4.02. The lowest BCUT2D eigenvalue weighted by molar-refractivity contribution is -0.137. The Balaban J connectivity index is 2.34. The van der Waals surface area contributed by atoms with Gasteiger partial charge in [-0.15, -0.1) is 0 Å². The fourth-order valence-corrected chi connectivity index (χ4v) is 2.46. The summed E-state index contributed by atoms with van der Waals surface area (Å²) in [6.07, 6.45) is -2.40. The number of nitrogens with one attached hydrogen (secondary N) is 1. The molecule has 2 unspecified atom stereocenters. The Morgan fingerprint density at radius 3 is 2.59 bits per heavy atom. The third-order valence-corrected chi connectivity index (χ3v) is 3.47. The van der Waals surface area contributed by atoms with E-state index in [1.54, 1.807) is 6.07 Å². The zero-order chi connectivity index (χ0) is 12.7. The van der Waals surface area contributed by atoms with Crippen LogP contribution in [0.1, 0.15) is 37.8 Å². The molecule has 0 spiro atoms. The molecule has 1 heterocycles. The maximum absolute atomic E-state index is 12.6. The Morgan fingerprint density at radius 1 is 1.35 bits per heavy atom. The summed E-state index contributed by atoms with van der Waals surface area (Å²) in [6, 6.07) is 5.97. The van der Waals surface area contributed by atoms with Gasteiger partial charge in [-0.05, 0) is 44.4 Å². The van der Waals surface area contributed by atoms with Crippen molar-refractivity contribution in [2.24, 2.45) is 0 Å². The van der Waals surface area contributed by atoms with Crippen LogP contribution in [0.4, 0.5) is 13.2 Å². The molecule has 1 aromatic rings. The second-order valence-corrected chi connectivity index (χ2v) is 4.99. The Bertz CT molecular complexity index is 413. The smallest absolute Gasteiger partial charge is 0.305 e. The van der Waals surface area contributed by atoms with E-state index in [2.05, 4.69) is 12.2 Å². The van der Waals surface area contributed by atoms with Crippen molar-refractivity contribution in [3.8, 4) is 0 Å². The lowest BCUT2D eigenvalue weighted by Gasteiger charge is -2.26. The second-order valence-electron chi connectivity index (χ2n) is 4.99. The summed E-state index contributed by atoms with van der Waals surface area (Å²) in [7, 11) is 0. The summed E-state index contributed by atoms with van der Waals surface area (Å²) >= 11 is 0. The van der Waals surface area contributed by atoms with Gasteiger partial charge in [-0.2, -0.15) is 13.2 Å². The molecule has 1 nitrogen and oxygen atoms in total. The van der Waals surface area contributed by atoms with Crippen LogP contribution < -0.4 is 5.32 Å². The van der Waals surface area contributed by atoms with E-state index in [1.807, 2.05) is 6.92 Å². The third-order valence-electron chi connectivity index (χ3n) is 3.47. The molecule has 1 aromatic carbocycles. The van der Waals surface area contributed by atoms with Crippen molar-refractivity contribution in [2.75, 3.05) is 0 Å². The van der Waals surface area contributed by atoms with Crippen molar-refractivity contribution in [2.45, 2.75) is 44.4 Å². The minimum Gasteiger partial charge on any atom is -0.305 e. The highest BCUT2D eigenvalue weighted by Crippen LogP contribution is 2.36. The topological polar surface area (TPSA) is 12.0 Å². The second kappa shape index (κ2) is 4.02. The van der Waals surface area contributed by atoms with Gasteiger partial charge in [0.2, 0.25) is 0 Å². The number of halogens is 3. The molecule has 94 valence electrons. The van der Waals surface area contributed by atoms with Gasteiger partial charge in [0.25, 0.3) is 0 Å². The SMILES string of the molecule is CC1CCC(C)(c2cccc(C(F)(F)F)c2)N1. The first-order valence-electron chi connectivity index (χ1n) is 5.77. The molecular formula is C13H16F3N. The summed E-state index contributed by atoms with van der Waals surface area (Å²) in [4.78, 5) is 0. The maximum Gasteiger partial charge on any atom is 0.416 e. The monoisotopic (exact) mass is 243 g/mol. The lowest BCUT2D eigenvalue weighted by atomic mass is 9.89. The highest BCUT2D eigenvalue weighted by Gasteiger charge is 2.36. The molecule has 0 bridgehead atoms. The van der Waals surface area contributed by atoms with E-state index in [9.17, 15) is 13.2 Å². The van der Waals surface area contributed by atoms with Crippen molar-refractivity contribution in [3.63, 3.8) is 0 Å². The Labute approximate surface area is 99.0 Å². The number of hydrogen-bond acceptors (Lipinski definition) is 1. The predicted molar refractivity (Wildman–Crippen MR) is 60.6 cm³/mol. The van der Waals surface area contributed by atoms with E-state index in [1.165, 1.54) is 12.1 Å². The minimum absolute atomic E-state index is 0.333. The van der Waals surface area contributed by atoms with Crippen LogP contribution in [0.25, 0.3) is 0 Å². The summed E-state index contributed by atoms with van der Waals surface area (Å²) < 4.78 is 37.9. The molecular weight excluding hydrogens is 227 g/mol. The largest absolute Gasteiger partial charge is 0.416 e. The van der Waals surface area contributed by atoms with Crippen LogP contribution in [0, 0.1) is 0 Å². The molecule has 1 saturated heterocycles. The fourth-order valence-electron chi connectivity index (χ4n) is 2.46.